The number of aromatic hydroxyl groups is 1. The maximum absolute atomic E-state index is 12.2. The van der Waals surface area contributed by atoms with Crippen molar-refractivity contribution in [3.05, 3.63) is 50.3 Å². The number of carbonyl (C=O) groups is 1. The molecule has 0 saturated carbocycles. The zero-order valence-electron chi connectivity index (χ0n) is 11.7. The van der Waals surface area contributed by atoms with E-state index in [9.17, 15) is 9.90 Å². The van der Waals surface area contributed by atoms with Crippen molar-refractivity contribution in [3.8, 4) is 11.6 Å². The SMILES string of the molecule is C=CCn1c(O)c(C2=c3cc(OC)ccc3=NC2=O)sc1=S. The average Bonchev–Trinajstić information content (AvgIpc) is 2.97. The van der Waals surface area contributed by atoms with E-state index in [1.165, 1.54) is 15.9 Å². The van der Waals surface area contributed by atoms with Crippen molar-refractivity contribution in [1.29, 1.82) is 0 Å². The maximum Gasteiger partial charge on any atom is 0.279 e. The number of thiazole rings is 1. The largest absolute Gasteiger partial charge is 0.497 e. The summed E-state index contributed by atoms with van der Waals surface area (Å²) in [7, 11) is 1.55. The van der Waals surface area contributed by atoms with Gasteiger partial charge in [0.05, 0.1) is 18.0 Å². The Morgan fingerprint density at radius 2 is 2.32 bits per heavy atom. The Morgan fingerprint density at radius 1 is 1.55 bits per heavy atom. The van der Waals surface area contributed by atoms with Gasteiger partial charge in [0.15, 0.2) is 3.95 Å². The summed E-state index contributed by atoms with van der Waals surface area (Å²) in [5.41, 5.74) is 0.352. The number of nitrogens with zero attached hydrogens (tertiary/aromatic N) is 2. The molecule has 3 rings (SSSR count). The third-order valence-corrected chi connectivity index (χ3v) is 4.77. The van der Waals surface area contributed by atoms with Crippen molar-refractivity contribution in [2.75, 3.05) is 7.11 Å². The fourth-order valence-electron chi connectivity index (χ4n) is 2.29. The Morgan fingerprint density at radius 3 is 3.00 bits per heavy atom. The van der Waals surface area contributed by atoms with E-state index in [0.717, 1.165) is 0 Å². The predicted molar refractivity (Wildman–Crippen MR) is 86.3 cm³/mol. The molecule has 0 spiro atoms. The standard InChI is InChI=1S/C15H12N2O3S2/c1-3-6-17-14(19)12(22-15(17)21)11-9-7-8(20-2)4-5-10(9)16-13(11)18/h3-5,7,19H,1,6H2,2H3. The van der Waals surface area contributed by atoms with E-state index < -0.39 is 0 Å². The highest BCUT2D eigenvalue weighted by Gasteiger charge is 2.25. The minimum absolute atomic E-state index is 0.0379. The van der Waals surface area contributed by atoms with Crippen LogP contribution in [0.15, 0.2) is 35.8 Å². The summed E-state index contributed by atoms with van der Waals surface area (Å²) in [5, 5.41) is 11.6. The van der Waals surface area contributed by atoms with E-state index in [1.807, 2.05) is 0 Å². The number of carbonyl (C=O) groups excluding carboxylic acids is 1. The van der Waals surface area contributed by atoms with Crippen molar-refractivity contribution in [1.82, 2.24) is 4.57 Å². The van der Waals surface area contributed by atoms with Gasteiger partial charge in [0.1, 0.15) is 10.6 Å². The molecule has 0 atom stereocenters. The number of hydrogen-bond acceptors (Lipinski definition) is 5. The maximum atomic E-state index is 12.2. The molecule has 0 radical (unpaired) electrons. The Hall–Kier alpha value is -2.25. The monoisotopic (exact) mass is 332 g/mol. The molecular formula is C15H12N2O3S2. The van der Waals surface area contributed by atoms with Gasteiger partial charge in [0.25, 0.3) is 5.91 Å². The zero-order valence-corrected chi connectivity index (χ0v) is 13.3. The van der Waals surface area contributed by atoms with Gasteiger partial charge in [-0.25, -0.2) is 4.99 Å². The minimum atomic E-state index is -0.388. The number of methoxy groups -OCH3 is 1. The molecule has 1 N–H and O–H groups in total. The normalized spacial score (nSPS) is 13.0. The molecule has 1 aliphatic heterocycles. The second-order valence-corrected chi connectivity index (χ2v) is 6.24. The first-order valence-corrected chi connectivity index (χ1v) is 7.64. The number of hydrogen-bond donors (Lipinski definition) is 1. The molecule has 0 unspecified atom stereocenters. The van der Waals surface area contributed by atoms with Gasteiger partial charge in [-0.05, 0) is 30.4 Å². The Balaban J connectivity index is 2.33. The molecule has 112 valence electrons. The van der Waals surface area contributed by atoms with Gasteiger partial charge in [-0.3, -0.25) is 9.36 Å². The number of fused-ring (bicyclic) bond motifs is 1. The number of amides is 1. The van der Waals surface area contributed by atoms with Crippen LogP contribution in [0.25, 0.3) is 5.57 Å². The Labute approximate surface area is 135 Å². The molecule has 0 aliphatic carbocycles. The van der Waals surface area contributed by atoms with Crippen LogP contribution >= 0.6 is 23.6 Å². The summed E-state index contributed by atoms with van der Waals surface area (Å²) in [4.78, 5) is 16.7. The summed E-state index contributed by atoms with van der Waals surface area (Å²) in [6.45, 7) is 4.02. The molecular weight excluding hydrogens is 320 g/mol. The van der Waals surface area contributed by atoms with E-state index in [1.54, 1.807) is 31.4 Å². The Bertz CT molecular complexity index is 970. The van der Waals surface area contributed by atoms with Crippen LogP contribution in [0.2, 0.25) is 0 Å². The molecule has 5 nitrogen and oxygen atoms in total. The first-order chi connectivity index (χ1) is 10.6. The van der Waals surface area contributed by atoms with Gasteiger partial charge >= 0.3 is 0 Å². The Kier molecular flexibility index (Phi) is 3.67. The minimum Gasteiger partial charge on any atom is -0.497 e. The third-order valence-electron chi connectivity index (χ3n) is 3.32. The van der Waals surface area contributed by atoms with E-state index in [-0.39, 0.29) is 11.8 Å². The van der Waals surface area contributed by atoms with Crippen LogP contribution < -0.4 is 15.3 Å². The predicted octanol–water partition coefficient (Wildman–Crippen LogP) is 1.54. The number of ether oxygens (including phenoxy) is 1. The zero-order chi connectivity index (χ0) is 15.9. The topological polar surface area (TPSA) is 63.8 Å². The lowest BCUT2D eigenvalue weighted by Crippen LogP contribution is -2.23. The molecule has 1 aromatic carbocycles. The molecule has 0 fully saturated rings. The van der Waals surface area contributed by atoms with Crippen molar-refractivity contribution in [2.45, 2.75) is 6.54 Å². The van der Waals surface area contributed by atoms with E-state index in [0.29, 0.717) is 37.3 Å². The summed E-state index contributed by atoms with van der Waals surface area (Å²) in [6, 6.07) is 5.19. The van der Waals surface area contributed by atoms with Crippen LogP contribution in [0.3, 0.4) is 0 Å². The molecule has 7 heteroatoms. The van der Waals surface area contributed by atoms with Crippen LogP contribution in [0, 0.1) is 3.95 Å². The molecule has 0 saturated heterocycles. The van der Waals surface area contributed by atoms with Gasteiger partial charge in [-0.15, -0.1) is 17.9 Å². The lowest BCUT2D eigenvalue weighted by atomic mass is 10.1. The van der Waals surface area contributed by atoms with Crippen molar-refractivity contribution in [2.24, 2.45) is 4.99 Å². The summed E-state index contributed by atoms with van der Waals surface area (Å²) in [6.07, 6.45) is 1.63. The van der Waals surface area contributed by atoms with Gasteiger partial charge in [0, 0.05) is 11.8 Å². The van der Waals surface area contributed by atoms with E-state index in [2.05, 4.69) is 11.6 Å². The molecule has 22 heavy (non-hydrogen) atoms. The second kappa shape index (κ2) is 5.51. The van der Waals surface area contributed by atoms with Gasteiger partial charge in [-0.1, -0.05) is 6.08 Å². The second-order valence-electron chi connectivity index (χ2n) is 4.60. The third kappa shape index (κ3) is 2.18. The molecule has 2 heterocycles. The molecule has 1 amide bonds. The van der Waals surface area contributed by atoms with Gasteiger partial charge < -0.3 is 9.84 Å². The summed E-state index contributed by atoms with van der Waals surface area (Å²) < 4.78 is 7.20. The fraction of sp³-hybridized carbons (Fsp3) is 0.133. The smallest absolute Gasteiger partial charge is 0.279 e. The number of rotatable bonds is 4. The van der Waals surface area contributed by atoms with Gasteiger partial charge in [-0.2, -0.15) is 0 Å². The van der Waals surface area contributed by atoms with Crippen LogP contribution in [-0.2, 0) is 11.3 Å². The first-order valence-electron chi connectivity index (χ1n) is 6.42. The highest BCUT2D eigenvalue weighted by Crippen LogP contribution is 2.32. The average molecular weight is 332 g/mol. The molecule has 0 bridgehead atoms. The lowest BCUT2D eigenvalue weighted by Gasteiger charge is -2.02. The number of allylic oxidation sites excluding steroid dienone is 1. The highest BCUT2D eigenvalue weighted by atomic mass is 32.1. The van der Waals surface area contributed by atoms with Crippen LogP contribution in [0.4, 0.5) is 0 Å². The lowest BCUT2D eigenvalue weighted by molar-refractivity contribution is -0.112. The van der Waals surface area contributed by atoms with Crippen LogP contribution in [-0.4, -0.2) is 22.7 Å². The molecule has 2 aromatic rings. The summed E-state index contributed by atoms with van der Waals surface area (Å²) >= 11 is 6.42. The number of aromatic nitrogens is 1. The quantitative estimate of drug-likeness (QED) is 0.681. The van der Waals surface area contributed by atoms with Crippen molar-refractivity contribution >= 4 is 35.0 Å². The van der Waals surface area contributed by atoms with Crippen LogP contribution in [0.5, 0.6) is 11.6 Å². The van der Waals surface area contributed by atoms with E-state index >= 15 is 0 Å². The molecule has 1 aromatic heterocycles. The number of benzene rings is 1. The molecule has 1 aliphatic rings. The fourth-order valence-corrected chi connectivity index (χ4v) is 3.65. The summed E-state index contributed by atoms with van der Waals surface area (Å²) in [5.74, 6) is 0.194. The first kappa shape index (κ1) is 14.7. The van der Waals surface area contributed by atoms with Crippen molar-refractivity contribution < 1.29 is 14.6 Å². The van der Waals surface area contributed by atoms with Crippen molar-refractivity contribution in [3.63, 3.8) is 0 Å². The van der Waals surface area contributed by atoms with Crippen LogP contribution in [0.1, 0.15) is 4.88 Å². The van der Waals surface area contributed by atoms with E-state index in [4.69, 9.17) is 17.0 Å². The highest BCUT2D eigenvalue weighted by molar-refractivity contribution is 7.73. The van der Waals surface area contributed by atoms with Gasteiger partial charge in [0.2, 0.25) is 5.88 Å².